The van der Waals surface area contributed by atoms with Crippen molar-refractivity contribution in [1.29, 1.82) is 0 Å². The van der Waals surface area contributed by atoms with Gasteiger partial charge in [-0.05, 0) is 50.4 Å². The minimum Gasteiger partial charge on any atom is -0.493 e. The van der Waals surface area contributed by atoms with Crippen LogP contribution in [0.4, 0.5) is 5.69 Å². The average Bonchev–Trinajstić information content (AvgIpc) is 2.59. The molecule has 1 amide bonds. The molecule has 0 bridgehead atoms. The number of carbonyl (C=O) groups is 1. The maximum absolute atomic E-state index is 12.6. The topological polar surface area (TPSA) is 116 Å². The number of nitrogen functional groups attached to an aromatic ring is 1. The number of anilines is 1. The van der Waals surface area contributed by atoms with Crippen LogP contribution in [-0.2, 0) is 0 Å². The molecule has 0 radical (unpaired) electrons. The normalized spacial score (nSPS) is 12.0. The molecule has 0 saturated heterocycles. The Balaban J connectivity index is 2.69. The minimum absolute atomic E-state index is 0.0312. The second kappa shape index (κ2) is 11.7. The van der Waals surface area contributed by atoms with E-state index in [0.717, 1.165) is 38.5 Å². The number of amides is 1. The van der Waals surface area contributed by atoms with Gasteiger partial charge in [-0.15, -0.1) is 0 Å². The van der Waals surface area contributed by atoms with Gasteiger partial charge in [-0.1, -0.05) is 19.8 Å². The smallest absolute Gasteiger partial charge is 0.255 e. The number of benzene rings is 1. The van der Waals surface area contributed by atoms with E-state index in [1.54, 1.807) is 18.2 Å². The number of carbonyl (C=O) groups excluding carboxylic acids is 1. The third-order valence-corrected chi connectivity index (χ3v) is 3.88. The van der Waals surface area contributed by atoms with Crippen LogP contribution in [-0.4, -0.2) is 31.6 Å². The number of ether oxygens (including phenoxy) is 1. The highest BCUT2D eigenvalue weighted by Crippen LogP contribution is 2.22. The number of rotatable bonds is 12. The summed E-state index contributed by atoms with van der Waals surface area (Å²) >= 11 is 0. The summed E-state index contributed by atoms with van der Waals surface area (Å²) in [6.45, 7) is 3.78. The molecule has 7 N–H and O–H groups in total. The highest BCUT2D eigenvalue weighted by molar-refractivity contribution is 5.98. The van der Waals surface area contributed by atoms with Crippen LogP contribution in [0.3, 0.4) is 0 Å². The summed E-state index contributed by atoms with van der Waals surface area (Å²) in [6.07, 6.45) is 5.87. The summed E-state index contributed by atoms with van der Waals surface area (Å²) in [5.41, 5.74) is 18.1. The van der Waals surface area contributed by atoms with Crippen molar-refractivity contribution in [3.8, 4) is 5.75 Å². The second-order valence-corrected chi connectivity index (χ2v) is 6.00. The molecule has 0 aliphatic heterocycles. The van der Waals surface area contributed by atoms with Crippen LogP contribution >= 0.6 is 0 Å². The van der Waals surface area contributed by atoms with E-state index in [1.807, 2.05) is 0 Å². The molecule has 0 aliphatic carbocycles. The van der Waals surface area contributed by atoms with Gasteiger partial charge in [-0.2, -0.15) is 0 Å². The summed E-state index contributed by atoms with van der Waals surface area (Å²) < 4.78 is 5.77. The van der Waals surface area contributed by atoms with E-state index in [1.165, 1.54) is 0 Å². The van der Waals surface area contributed by atoms with Gasteiger partial charge in [0.15, 0.2) is 0 Å². The predicted octanol–water partition coefficient (Wildman–Crippen LogP) is 2.02. The van der Waals surface area contributed by atoms with Crippen molar-refractivity contribution in [1.82, 2.24) is 5.32 Å². The van der Waals surface area contributed by atoms with Gasteiger partial charge >= 0.3 is 0 Å². The van der Waals surface area contributed by atoms with E-state index in [9.17, 15) is 4.79 Å². The zero-order chi connectivity index (χ0) is 17.8. The number of hydrogen-bond acceptors (Lipinski definition) is 5. The van der Waals surface area contributed by atoms with E-state index >= 15 is 0 Å². The summed E-state index contributed by atoms with van der Waals surface area (Å²) in [7, 11) is 0. The van der Waals surface area contributed by atoms with Crippen molar-refractivity contribution in [2.45, 2.75) is 51.5 Å². The minimum atomic E-state index is -0.189. The van der Waals surface area contributed by atoms with Crippen molar-refractivity contribution < 1.29 is 9.53 Å². The van der Waals surface area contributed by atoms with E-state index in [0.29, 0.717) is 36.7 Å². The fourth-order valence-corrected chi connectivity index (χ4v) is 2.42. The Morgan fingerprint density at radius 1 is 1.21 bits per heavy atom. The van der Waals surface area contributed by atoms with Crippen LogP contribution in [0.2, 0.25) is 0 Å². The monoisotopic (exact) mass is 336 g/mol. The van der Waals surface area contributed by atoms with E-state index in [4.69, 9.17) is 21.9 Å². The first kappa shape index (κ1) is 20.3. The molecule has 6 nitrogen and oxygen atoms in total. The predicted molar refractivity (Wildman–Crippen MR) is 99.1 cm³/mol. The Hall–Kier alpha value is -1.79. The van der Waals surface area contributed by atoms with Crippen molar-refractivity contribution in [3.05, 3.63) is 23.8 Å². The van der Waals surface area contributed by atoms with E-state index in [-0.39, 0.29) is 11.9 Å². The molecule has 0 spiro atoms. The van der Waals surface area contributed by atoms with Crippen molar-refractivity contribution in [2.24, 2.45) is 11.5 Å². The van der Waals surface area contributed by atoms with Gasteiger partial charge in [-0.25, -0.2) is 0 Å². The Labute approximate surface area is 145 Å². The molecule has 0 aliphatic rings. The van der Waals surface area contributed by atoms with Crippen molar-refractivity contribution in [2.75, 3.05) is 25.4 Å². The number of unbranched alkanes of at least 4 members (excludes halogenated alkanes) is 3. The molecule has 0 saturated carbocycles. The summed E-state index contributed by atoms with van der Waals surface area (Å²) in [6, 6.07) is 5.11. The lowest BCUT2D eigenvalue weighted by Crippen LogP contribution is -2.40. The van der Waals surface area contributed by atoms with Crippen LogP contribution in [0.25, 0.3) is 0 Å². The van der Waals surface area contributed by atoms with E-state index in [2.05, 4.69) is 12.2 Å². The maximum Gasteiger partial charge on any atom is 0.255 e. The lowest BCUT2D eigenvalue weighted by molar-refractivity contribution is 0.0931. The standard InChI is InChI=1S/C18H32N4O2/c1-2-3-7-15(13-20)22-18(23)16-12-14(21)8-9-17(16)24-11-6-4-5-10-19/h8-9,12,15H,2-7,10-11,13,19-21H2,1H3,(H,22,23)/t15-/m0/s1. The van der Waals surface area contributed by atoms with Crippen molar-refractivity contribution in [3.63, 3.8) is 0 Å². The summed E-state index contributed by atoms with van der Waals surface area (Å²) in [4.78, 5) is 12.6. The van der Waals surface area contributed by atoms with Crippen LogP contribution < -0.4 is 27.3 Å². The molecular weight excluding hydrogens is 304 g/mol. The largest absolute Gasteiger partial charge is 0.493 e. The molecule has 0 unspecified atom stereocenters. The molecule has 0 heterocycles. The molecule has 0 aromatic heterocycles. The maximum atomic E-state index is 12.6. The van der Waals surface area contributed by atoms with Gasteiger partial charge in [0, 0.05) is 18.3 Å². The summed E-state index contributed by atoms with van der Waals surface area (Å²) in [5.74, 6) is 0.367. The van der Waals surface area contributed by atoms with E-state index < -0.39 is 0 Å². The molecule has 6 heteroatoms. The van der Waals surface area contributed by atoms with Crippen molar-refractivity contribution >= 4 is 11.6 Å². The number of nitrogens with one attached hydrogen (secondary N) is 1. The molecule has 1 aromatic rings. The molecule has 1 rings (SSSR count). The first-order valence-corrected chi connectivity index (χ1v) is 8.85. The highest BCUT2D eigenvalue weighted by Gasteiger charge is 2.16. The van der Waals surface area contributed by atoms with Gasteiger partial charge in [-0.3, -0.25) is 4.79 Å². The molecular formula is C18H32N4O2. The third-order valence-electron chi connectivity index (χ3n) is 3.88. The Morgan fingerprint density at radius 3 is 2.67 bits per heavy atom. The lowest BCUT2D eigenvalue weighted by atomic mass is 10.1. The molecule has 1 aromatic carbocycles. The first-order valence-electron chi connectivity index (χ1n) is 8.85. The van der Waals surface area contributed by atoms with Gasteiger partial charge in [0.1, 0.15) is 5.75 Å². The van der Waals surface area contributed by atoms with Crippen LogP contribution in [0, 0.1) is 0 Å². The second-order valence-electron chi connectivity index (χ2n) is 6.00. The zero-order valence-electron chi connectivity index (χ0n) is 14.7. The van der Waals surface area contributed by atoms with Gasteiger partial charge < -0.3 is 27.3 Å². The number of hydrogen-bond donors (Lipinski definition) is 4. The van der Waals surface area contributed by atoms with Gasteiger partial charge in [0.05, 0.1) is 12.2 Å². The van der Waals surface area contributed by atoms with Gasteiger partial charge in [0.2, 0.25) is 0 Å². The quantitative estimate of drug-likeness (QED) is 0.344. The average molecular weight is 336 g/mol. The molecule has 24 heavy (non-hydrogen) atoms. The number of nitrogens with two attached hydrogens (primary N) is 3. The summed E-state index contributed by atoms with van der Waals surface area (Å²) in [5, 5.41) is 2.98. The van der Waals surface area contributed by atoms with Crippen LogP contribution in [0.1, 0.15) is 55.8 Å². The Kier molecular flexibility index (Phi) is 9.88. The zero-order valence-corrected chi connectivity index (χ0v) is 14.7. The lowest BCUT2D eigenvalue weighted by Gasteiger charge is -2.18. The molecule has 1 atom stereocenters. The third kappa shape index (κ3) is 7.19. The highest BCUT2D eigenvalue weighted by atomic mass is 16.5. The Morgan fingerprint density at radius 2 is 2.00 bits per heavy atom. The molecule has 0 fully saturated rings. The molecule has 136 valence electrons. The fraction of sp³-hybridized carbons (Fsp3) is 0.611. The van der Waals surface area contributed by atoms with Crippen LogP contribution in [0.5, 0.6) is 5.75 Å². The Bertz CT molecular complexity index is 494. The first-order chi connectivity index (χ1) is 11.6. The van der Waals surface area contributed by atoms with Crippen LogP contribution in [0.15, 0.2) is 18.2 Å². The SMILES string of the molecule is CCCC[C@@H](CN)NC(=O)c1cc(N)ccc1OCCCCCN. The fourth-order valence-electron chi connectivity index (χ4n) is 2.42. The van der Waals surface area contributed by atoms with Gasteiger partial charge in [0.25, 0.3) is 5.91 Å².